The van der Waals surface area contributed by atoms with E-state index in [1.165, 1.54) is 7.11 Å². The van der Waals surface area contributed by atoms with Crippen LogP contribution in [0, 0.1) is 0 Å². The Morgan fingerprint density at radius 2 is 1.90 bits per heavy atom. The fourth-order valence-electron chi connectivity index (χ4n) is 1.80. The molecule has 2 aromatic rings. The Kier molecular flexibility index (Phi) is 4.79. The largest absolute Gasteiger partial charge is 0.504 e. The van der Waals surface area contributed by atoms with Crippen molar-refractivity contribution in [3.8, 4) is 11.5 Å². The van der Waals surface area contributed by atoms with Gasteiger partial charge in [-0.25, -0.2) is 0 Å². The van der Waals surface area contributed by atoms with Crippen molar-refractivity contribution in [3.05, 3.63) is 58.1 Å². The number of phenolic OH excluding ortho intramolecular Hbond substituents is 1. The van der Waals surface area contributed by atoms with E-state index in [0.29, 0.717) is 5.75 Å². The fourth-order valence-corrected chi connectivity index (χ4v) is 2.06. The van der Waals surface area contributed by atoms with Gasteiger partial charge in [0, 0.05) is 10.7 Å². The molecule has 0 bridgehead atoms. The van der Waals surface area contributed by atoms with Crippen molar-refractivity contribution in [3.63, 3.8) is 0 Å². The number of aromatic hydroxyl groups is 1. The minimum Gasteiger partial charge on any atom is -0.504 e. The number of ether oxygens (including phenoxy) is 1. The van der Waals surface area contributed by atoms with Gasteiger partial charge in [-0.2, -0.15) is 0 Å². The summed E-state index contributed by atoms with van der Waals surface area (Å²) >= 11 is 3.42. The Balaban J connectivity index is 2.14. The highest BCUT2D eigenvalue weighted by molar-refractivity contribution is 9.10. The molecule has 0 aliphatic carbocycles. The Labute approximate surface area is 127 Å². The van der Waals surface area contributed by atoms with E-state index < -0.39 is 0 Å². The highest BCUT2D eigenvalue weighted by Gasteiger charge is 2.03. The molecule has 4 heteroatoms. The van der Waals surface area contributed by atoms with Crippen LogP contribution in [-0.4, -0.2) is 18.4 Å². The van der Waals surface area contributed by atoms with Gasteiger partial charge in [0.05, 0.1) is 13.2 Å². The molecular weight excluding hydrogens is 318 g/mol. The van der Waals surface area contributed by atoms with E-state index in [1.54, 1.807) is 24.4 Å². The first kappa shape index (κ1) is 14.6. The van der Waals surface area contributed by atoms with E-state index in [4.69, 9.17) is 4.74 Å². The highest BCUT2D eigenvalue weighted by Crippen LogP contribution is 2.26. The Bertz CT molecular complexity index is 608. The maximum absolute atomic E-state index is 9.54. The van der Waals surface area contributed by atoms with Crippen LogP contribution >= 0.6 is 15.9 Å². The molecule has 1 atom stereocenters. The van der Waals surface area contributed by atoms with Gasteiger partial charge in [-0.05, 0) is 48.4 Å². The summed E-state index contributed by atoms with van der Waals surface area (Å²) in [7, 11) is 1.53. The first-order valence-electron chi connectivity index (χ1n) is 6.26. The summed E-state index contributed by atoms with van der Waals surface area (Å²) in [5.41, 5.74) is 2.04. The molecule has 2 rings (SSSR count). The second kappa shape index (κ2) is 6.57. The van der Waals surface area contributed by atoms with Crippen molar-refractivity contribution in [1.82, 2.24) is 0 Å². The second-order valence-electron chi connectivity index (χ2n) is 4.44. The quantitative estimate of drug-likeness (QED) is 0.845. The number of rotatable bonds is 4. The number of nitrogens with zero attached hydrogens (tertiary/aromatic N) is 1. The smallest absolute Gasteiger partial charge is 0.161 e. The Hall–Kier alpha value is -1.81. The maximum atomic E-state index is 9.54. The Morgan fingerprint density at radius 3 is 2.55 bits per heavy atom. The summed E-state index contributed by atoms with van der Waals surface area (Å²) in [6.45, 7) is 2.04. The van der Waals surface area contributed by atoms with Crippen molar-refractivity contribution in [2.75, 3.05) is 7.11 Å². The molecule has 2 aromatic carbocycles. The second-order valence-corrected chi connectivity index (χ2v) is 5.35. The van der Waals surface area contributed by atoms with Gasteiger partial charge in [0.2, 0.25) is 0 Å². The normalized spacial score (nSPS) is 12.6. The van der Waals surface area contributed by atoms with Crippen molar-refractivity contribution in [2.45, 2.75) is 13.0 Å². The molecular formula is C16H16BrNO2. The summed E-state index contributed by atoms with van der Waals surface area (Å²) in [5, 5.41) is 9.54. The summed E-state index contributed by atoms with van der Waals surface area (Å²) < 4.78 is 6.13. The first-order chi connectivity index (χ1) is 9.60. The predicted molar refractivity (Wildman–Crippen MR) is 84.8 cm³/mol. The van der Waals surface area contributed by atoms with Crippen molar-refractivity contribution < 1.29 is 9.84 Å². The topological polar surface area (TPSA) is 41.8 Å². The SMILES string of the molecule is COc1cc(C=N[C@H](C)c2ccc(Br)cc2)ccc1O. The fraction of sp³-hybridized carbons (Fsp3) is 0.188. The molecule has 0 radical (unpaired) electrons. The van der Waals surface area contributed by atoms with Crippen LogP contribution in [0.2, 0.25) is 0 Å². The molecule has 0 aliphatic rings. The van der Waals surface area contributed by atoms with Gasteiger partial charge in [-0.1, -0.05) is 28.1 Å². The van der Waals surface area contributed by atoms with E-state index >= 15 is 0 Å². The van der Waals surface area contributed by atoms with Crippen LogP contribution in [0.5, 0.6) is 11.5 Å². The average Bonchev–Trinajstić information content (AvgIpc) is 2.46. The first-order valence-corrected chi connectivity index (χ1v) is 7.05. The molecule has 0 fully saturated rings. The highest BCUT2D eigenvalue weighted by atomic mass is 79.9. The third kappa shape index (κ3) is 3.61. The maximum Gasteiger partial charge on any atom is 0.161 e. The van der Waals surface area contributed by atoms with Gasteiger partial charge in [-0.3, -0.25) is 4.99 Å². The van der Waals surface area contributed by atoms with E-state index in [1.807, 2.05) is 31.2 Å². The molecule has 0 saturated carbocycles. The number of phenols is 1. The van der Waals surface area contributed by atoms with Gasteiger partial charge < -0.3 is 9.84 Å². The van der Waals surface area contributed by atoms with Crippen molar-refractivity contribution >= 4 is 22.1 Å². The average molecular weight is 334 g/mol. The predicted octanol–water partition coefficient (Wildman–Crippen LogP) is 4.34. The molecule has 104 valence electrons. The molecule has 1 N–H and O–H groups in total. The lowest BCUT2D eigenvalue weighted by atomic mass is 10.1. The van der Waals surface area contributed by atoms with Gasteiger partial charge in [0.25, 0.3) is 0 Å². The molecule has 0 amide bonds. The lowest BCUT2D eigenvalue weighted by Gasteiger charge is -2.07. The standard InChI is InChI=1S/C16H16BrNO2/c1-11(13-4-6-14(17)7-5-13)18-10-12-3-8-15(19)16(9-12)20-2/h3-11,19H,1-2H3/t11-/m1/s1. The molecule has 0 heterocycles. The number of benzene rings is 2. The van der Waals surface area contributed by atoms with Crippen molar-refractivity contribution in [2.24, 2.45) is 4.99 Å². The molecule has 0 spiro atoms. The zero-order chi connectivity index (χ0) is 14.5. The van der Waals surface area contributed by atoms with Crippen LogP contribution in [0.25, 0.3) is 0 Å². The third-order valence-electron chi connectivity index (χ3n) is 3.00. The molecule has 3 nitrogen and oxygen atoms in total. The van der Waals surface area contributed by atoms with Crippen LogP contribution in [0.1, 0.15) is 24.1 Å². The molecule has 0 aliphatic heterocycles. The zero-order valence-electron chi connectivity index (χ0n) is 11.4. The number of hydrogen-bond donors (Lipinski definition) is 1. The van der Waals surface area contributed by atoms with Crippen LogP contribution in [0.15, 0.2) is 51.9 Å². The lowest BCUT2D eigenvalue weighted by Crippen LogP contribution is -1.92. The minimum absolute atomic E-state index is 0.0721. The number of hydrogen-bond acceptors (Lipinski definition) is 3. The van der Waals surface area contributed by atoms with E-state index in [2.05, 4.69) is 20.9 Å². The van der Waals surface area contributed by atoms with Gasteiger partial charge in [0.15, 0.2) is 11.5 Å². The van der Waals surface area contributed by atoms with Crippen LogP contribution in [-0.2, 0) is 0 Å². The number of methoxy groups -OCH3 is 1. The summed E-state index contributed by atoms with van der Waals surface area (Å²) in [6.07, 6.45) is 1.79. The van der Waals surface area contributed by atoms with E-state index in [0.717, 1.165) is 15.6 Å². The molecule has 0 unspecified atom stereocenters. The monoisotopic (exact) mass is 333 g/mol. The third-order valence-corrected chi connectivity index (χ3v) is 3.53. The van der Waals surface area contributed by atoms with Crippen LogP contribution in [0.3, 0.4) is 0 Å². The van der Waals surface area contributed by atoms with Gasteiger partial charge in [0.1, 0.15) is 0 Å². The minimum atomic E-state index is 0.0721. The van der Waals surface area contributed by atoms with Crippen LogP contribution in [0.4, 0.5) is 0 Å². The van der Waals surface area contributed by atoms with Crippen molar-refractivity contribution in [1.29, 1.82) is 0 Å². The van der Waals surface area contributed by atoms with Gasteiger partial charge in [-0.15, -0.1) is 0 Å². The lowest BCUT2D eigenvalue weighted by molar-refractivity contribution is 0.373. The van der Waals surface area contributed by atoms with E-state index in [-0.39, 0.29) is 11.8 Å². The van der Waals surface area contributed by atoms with E-state index in [9.17, 15) is 5.11 Å². The zero-order valence-corrected chi connectivity index (χ0v) is 13.0. The summed E-state index contributed by atoms with van der Waals surface area (Å²) in [4.78, 5) is 4.52. The van der Waals surface area contributed by atoms with Gasteiger partial charge >= 0.3 is 0 Å². The molecule has 0 aromatic heterocycles. The molecule has 0 saturated heterocycles. The number of halogens is 1. The summed E-state index contributed by atoms with van der Waals surface area (Å²) in [5.74, 6) is 0.579. The summed E-state index contributed by atoms with van der Waals surface area (Å²) in [6, 6.07) is 13.3. The molecule has 20 heavy (non-hydrogen) atoms. The van der Waals surface area contributed by atoms with Crippen LogP contribution < -0.4 is 4.74 Å². The Morgan fingerprint density at radius 1 is 1.20 bits per heavy atom. The number of aliphatic imine (C=N–C) groups is 1.